The van der Waals surface area contributed by atoms with Crippen LogP contribution in [0.4, 0.5) is 10.5 Å². The standard InChI is InChI=1S/C22H32N6O2/c1-15(2)12-26-10-9-25(13-16(26)3)14-18-5-8-28-19(11-18)21(17(4)24-28)27-7-6-20(29)23-22(27)30/h5,8,11,15-16H,6-7,9-10,12-14H2,1-4H3,(H,23,29,30). The summed E-state index contributed by atoms with van der Waals surface area (Å²) in [6.07, 6.45) is 2.27. The van der Waals surface area contributed by atoms with E-state index in [0.29, 0.717) is 24.9 Å². The van der Waals surface area contributed by atoms with Crippen LogP contribution >= 0.6 is 0 Å². The molecule has 162 valence electrons. The number of anilines is 1. The zero-order valence-electron chi connectivity index (χ0n) is 18.4. The molecule has 0 aromatic carbocycles. The van der Waals surface area contributed by atoms with Crippen molar-refractivity contribution in [3.63, 3.8) is 0 Å². The largest absolute Gasteiger partial charge is 0.328 e. The number of imide groups is 1. The van der Waals surface area contributed by atoms with Gasteiger partial charge in [-0.1, -0.05) is 13.8 Å². The Balaban J connectivity index is 1.52. The van der Waals surface area contributed by atoms with Crippen molar-refractivity contribution in [3.8, 4) is 0 Å². The Hall–Kier alpha value is -2.45. The quantitative estimate of drug-likeness (QED) is 0.816. The second-order valence-electron chi connectivity index (χ2n) is 9.03. The minimum atomic E-state index is -0.371. The van der Waals surface area contributed by atoms with E-state index in [0.717, 1.165) is 49.6 Å². The summed E-state index contributed by atoms with van der Waals surface area (Å²) in [4.78, 5) is 30.6. The first-order chi connectivity index (χ1) is 14.3. The van der Waals surface area contributed by atoms with Crippen LogP contribution in [0.3, 0.4) is 0 Å². The van der Waals surface area contributed by atoms with Gasteiger partial charge in [-0.05, 0) is 37.5 Å². The van der Waals surface area contributed by atoms with Gasteiger partial charge in [0, 0.05) is 57.9 Å². The number of aryl methyl sites for hydroxylation is 1. The molecule has 0 saturated carbocycles. The number of aromatic nitrogens is 2. The Labute approximate surface area is 177 Å². The summed E-state index contributed by atoms with van der Waals surface area (Å²) < 4.78 is 1.82. The lowest BCUT2D eigenvalue weighted by atomic mass is 10.1. The van der Waals surface area contributed by atoms with Crippen molar-refractivity contribution >= 4 is 23.1 Å². The predicted molar refractivity (Wildman–Crippen MR) is 117 cm³/mol. The predicted octanol–water partition coefficient (Wildman–Crippen LogP) is 2.25. The summed E-state index contributed by atoms with van der Waals surface area (Å²) in [7, 11) is 0. The fourth-order valence-corrected chi connectivity index (χ4v) is 4.62. The second-order valence-corrected chi connectivity index (χ2v) is 9.03. The van der Waals surface area contributed by atoms with Gasteiger partial charge in [-0.25, -0.2) is 9.31 Å². The molecule has 0 aliphatic carbocycles. The van der Waals surface area contributed by atoms with Crippen LogP contribution < -0.4 is 10.2 Å². The Morgan fingerprint density at radius 1 is 1.23 bits per heavy atom. The molecule has 4 rings (SSSR count). The third kappa shape index (κ3) is 4.20. The van der Waals surface area contributed by atoms with Gasteiger partial charge in [0.25, 0.3) is 0 Å². The number of carbonyl (C=O) groups is 2. The van der Waals surface area contributed by atoms with Gasteiger partial charge in [0.15, 0.2) is 0 Å². The van der Waals surface area contributed by atoms with Crippen LogP contribution in [0.2, 0.25) is 0 Å². The Kier molecular flexibility index (Phi) is 5.79. The molecule has 2 aliphatic heterocycles. The maximum Gasteiger partial charge on any atom is 0.328 e. The molecule has 2 saturated heterocycles. The molecular formula is C22H32N6O2. The first-order valence-corrected chi connectivity index (χ1v) is 10.9. The van der Waals surface area contributed by atoms with E-state index in [1.807, 2.05) is 17.6 Å². The Morgan fingerprint density at radius 3 is 2.73 bits per heavy atom. The van der Waals surface area contributed by atoms with Gasteiger partial charge >= 0.3 is 6.03 Å². The Morgan fingerprint density at radius 2 is 2.03 bits per heavy atom. The van der Waals surface area contributed by atoms with E-state index < -0.39 is 0 Å². The summed E-state index contributed by atoms with van der Waals surface area (Å²) in [5.74, 6) is 0.462. The average molecular weight is 413 g/mol. The second kappa shape index (κ2) is 8.35. The van der Waals surface area contributed by atoms with Crippen LogP contribution in [0.1, 0.15) is 38.4 Å². The third-order valence-corrected chi connectivity index (χ3v) is 6.02. The molecule has 3 amide bonds. The zero-order chi connectivity index (χ0) is 21.4. The number of nitrogens with one attached hydrogen (secondary N) is 1. The van der Waals surface area contributed by atoms with E-state index in [4.69, 9.17) is 0 Å². The average Bonchev–Trinajstić information content (AvgIpc) is 2.99. The van der Waals surface area contributed by atoms with Crippen molar-refractivity contribution in [3.05, 3.63) is 29.6 Å². The molecule has 1 atom stereocenters. The molecule has 1 unspecified atom stereocenters. The first-order valence-electron chi connectivity index (χ1n) is 10.9. The normalized spacial score (nSPS) is 21.6. The highest BCUT2D eigenvalue weighted by atomic mass is 16.2. The van der Waals surface area contributed by atoms with Crippen LogP contribution in [-0.2, 0) is 11.3 Å². The maximum atomic E-state index is 12.4. The van der Waals surface area contributed by atoms with E-state index in [9.17, 15) is 9.59 Å². The number of nitrogens with zero attached hydrogens (tertiary/aromatic N) is 5. The molecule has 2 aromatic heterocycles. The van der Waals surface area contributed by atoms with Gasteiger partial charge in [0.2, 0.25) is 5.91 Å². The van der Waals surface area contributed by atoms with Crippen LogP contribution in [-0.4, -0.2) is 70.1 Å². The Bertz CT molecular complexity index is 952. The summed E-state index contributed by atoms with van der Waals surface area (Å²) in [5.41, 5.74) is 3.69. The van der Waals surface area contributed by atoms with Crippen molar-refractivity contribution in [2.45, 2.75) is 46.7 Å². The number of hydrogen-bond donors (Lipinski definition) is 1. The number of amides is 3. The summed E-state index contributed by atoms with van der Waals surface area (Å²) in [5, 5.41) is 6.98. The summed E-state index contributed by atoms with van der Waals surface area (Å²) >= 11 is 0. The lowest BCUT2D eigenvalue weighted by Crippen LogP contribution is -2.52. The highest BCUT2D eigenvalue weighted by Crippen LogP contribution is 2.28. The van der Waals surface area contributed by atoms with E-state index in [-0.39, 0.29) is 11.9 Å². The third-order valence-electron chi connectivity index (χ3n) is 6.02. The van der Waals surface area contributed by atoms with Gasteiger partial charge in [0.05, 0.1) is 16.9 Å². The van der Waals surface area contributed by atoms with Crippen molar-refractivity contribution < 1.29 is 9.59 Å². The van der Waals surface area contributed by atoms with E-state index in [1.165, 1.54) is 5.56 Å². The number of hydrogen-bond acceptors (Lipinski definition) is 5. The maximum absolute atomic E-state index is 12.4. The molecule has 0 radical (unpaired) electrons. The van der Waals surface area contributed by atoms with Crippen molar-refractivity contribution in [2.24, 2.45) is 5.92 Å². The lowest BCUT2D eigenvalue weighted by molar-refractivity contribution is -0.120. The number of pyridine rings is 1. The topological polar surface area (TPSA) is 73.2 Å². The van der Waals surface area contributed by atoms with E-state index >= 15 is 0 Å². The molecule has 8 nitrogen and oxygen atoms in total. The molecule has 2 aliphatic rings. The summed E-state index contributed by atoms with van der Waals surface area (Å²) in [6, 6.07) is 4.41. The van der Waals surface area contributed by atoms with Gasteiger partial charge in [0.1, 0.15) is 0 Å². The molecular weight excluding hydrogens is 380 g/mol. The molecule has 4 heterocycles. The molecule has 8 heteroatoms. The number of carbonyl (C=O) groups excluding carboxylic acids is 2. The van der Waals surface area contributed by atoms with Crippen molar-refractivity contribution in [1.82, 2.24) is 24.7 Å². The molecule has 0 spiro atoms. The molecule has 30 heavy (non-hydrogen) atoms. The van der Waals surface area contributed by atoms with Crippen LogP contribution in [0.15, 0.2) is 18.3 Å². The van der Waals surface area contributed by atoms with Gasteiger partial charge in [-0.15, -0.1) is 0 Å². The molecule has 2 aromatic rings. The highest BCUT2D eigenvalue weighted by molar-refractivity contribution is 6.07. The molecule has 1 N–H and O–H groups in total. The highest BCUT2D eigenvalue weighted by Gasteiger charge is 2.29. The fraction of sp³-hybridized carbons (Fsp3) is 0.591. The van der Waals surface area contributed by atoms with Crippen LogP contribution in [0.5, 0.6) is 0 Å². The minimum absolute atomic E-state index is 0.225. The number of piperazine rings is 1. The SMILES string of the molecule is Cc1nn2ccc(CN3CCN(CC(C)C)C(C)C3)cc2c1N1CCC(=O)NC1=O. The zero-order valence-corrected chi connectivity index (χ0v) is 18.4. The fourth-order valence-electron chi connectivity index (χ4n) is 4.62. The monoisotopic (exact) mass is 412 g/mol. The smallest absolute Gasteiger partial charge is 0.298 e. The first kappa shape index (κ1) is 20.8. The number of urea groups is 1. The van der Waals surface area contributed by atoms with Gasteiger partial charge in [-0.3, -0.25) is 24.8 Å². The van der Waals surface area contributed by atoms with Gasteiger partial charge < -0.3 is 0 Å². The van der Waals surface area contributed by atoms with Crippen molar-refractivity contribution in [1.29, 1.82) is 0 Å². The molecule has 0 bridgehead atoms. The number of rotatable bonds is 5. The number of fused-ring (bicyclic) bond motifs is 1. The summed E-state index contributed by atoms with van der Waals surface area (Å²) in [6.45, 7) is 14.4. The van der Waals surface area contributed by atoms with E-state index in [1.54, 1.807) is 4.90 Å². The van der Waals surface area contributed by atoms with Gasteiger partial charge in [-0.2, -0.15) is 5.10 Å². The molecule has 2 fully saturated rings. The van der Waals surface area contributed by atoms with E-state index in [2.05, 4.69) is 53.1 Å². The van der Waals surface area contributed by atoms with Crippen LogP contribution in [0.25, 0.3) is 5.52 Å². The minimum Gasteiger partial charge on any atom is -0.298 e. The lowest BCUT2D eigenvalue weighted by Gasteiger charge is -2.40. The van der Waals surface area contributed by atoms with Crippen molar-refractivity contribution in [2.75, 3.05) is 37.6 Å². The van der Waals surface area contributed by atoms with Crippen LogP contribution in [0, 0.1) is 12.8 Å².